The van der Waals surface area contributed by atoms with E-state index < -0.39 is 0 Å². The van der Waals surface area contributed by atoms with Crippen LogP contribution in [0.2, 0.25) is 0 Å². The van der Waals surface area contributed by atoms with Gasteiger partial charge in [0.1, 0.15) is 5.82 Å². The Morgan fingerprint density at radius 1 is 1.00 bits per heavy atom. The first-order valence-electron chi connectivity index (χ1n) is 6.49. The van der Waals surface area contributed by atoms with Crippen molar-refractivity contribution < 1.29 is 4.39 Å². The molecule has 2 aromatic carbocycles. The molecule has 0 heterocycles. The molecule has 2 rings (SSSR count). The average Bonchev–Trinajstić information content (AvgIpc) is 2.37. The minimum Gasteiger partial charge on any atom is -0.207 e. The van der Waals surface area contributed by atoms with Crippen LogP contribution in [0.25, 0.3) is 0 Å². The Morgan fingerprint density at radius 2 is 1.60 bits per heavy atom. The van der Waals surface area contributed by atoms with E-state index in [9.17, 15) is 4.39 Å². The fourth-order valence-electron chi connectivity index (χ4n) is 2.07. The van der Waals surface area contributed by atoms with Gasteiger partial charge in [0.25, 0.3) is 0 Å². The fraction of sp³-hybridized carbons (Fsp3) is 0.294. The number of halogens is 3. The minimum absolute atomic E-state index is 0.124. The van der Waals surface area contributed by atoms with E-state index in [1.54, 1.807) is 6.07 Å². The van der Waals surface area contributed by atoms with Crippen molar-refractivity contribution >= 4 is 31.9 Å². The molecule has 1 unspecified atom stereocenters. The van der Waals surface area contributed by atoms with Crippen LogP contribution in [0.5, 0.6) is 0 Å². The third-order valence-electron chi connectivity index (χ3n) is 3.32. The highest BCUT2D eigenvalue weighted by Crippen LogP contribution is 2.37. The normalized spacial score (nSPS) is 13.3. The highest BCUT2D eigenvalue weighted by molar-refractivity contribution is 9.11. The number of rotatable bonds is 2. The topological polar surface area (TPSA) is 0 Å². The summed E-state index contributed by atoms with van der Waals surface area (Å²) >= 11 is 7.02. The van der Waals surface area contributed by atoms with E-state index in [4.69, 9.17) is 0 Å². The zero-order chi connectivity index (χ0) is 14.9. The lowest BCUT2D eigenvalue weighted by atomic mass is 9.86. The van der Waals surface area contributed by atoms with Crippen molar-refractivity contribution in [1.29, 1.82) is 0 Å². The third-order valence-corrected chi connectivity index (χ3v) is 5.00. The highest BCUT2D eigenvalue weighted by atomic mass is 79.9. The van der Waals surface area contributed by atoms with E-state index in [1.807, 2.05) is 6.07 Å². The van der Waals surface area contributed by atoms with Gasteiger partial charge in [-0.2, -0.15) is 0 Å². The van der Waals surface area contributed by atoms with Crippen LogP contribution in [0, 0.1) is 5.82 Å². The van der Waals surface area contributed by atoms with Gasteiger partial charge in [-0.15, -0.1) is 0 Å². The van der Waals surface area contributed by atoms with E-state index in [0.29, 0.717) is 5.56 Å². The Labute approximate surface area is 136 Å². The van der Waals surface area contributed by atoms with Gasteiger partial charge in [-0.05, 0) is 28.7 Å². The molecule has 2 aromatic rings. The summed E-state index contributed by atoms with van der Waals surface area (Å²) < 4.78 is 14.8. The SMILES string of the molecule is CC(C)(C)c1ccc(C(Br)c2c(F)cccc2Br)cc1. The molecule has 0 fully saturated rings. The molecule has 0 radical (unpaired) electrons. The molecule has 20 heavy (non-hydrogen) atoms. The average molecular weight is 400 g/mol. The third kappa shape index (κ3) is 3.32. The maximum Gasteiger partial charge on any atom is 0.129 e. The maximum atomic E-state index is 14.0. The number of alkyl halides is 1. The van der Waals surface area contributed by atoms with Crippen LogP contribution >= 0.6 is 31.9 Å². The van der Waals surface area contributed by atoms with Crippen LogP contribution in [0.3, 0.4) is 0 Å². The zero-order valence-electron chi connectivity index (χ0n) is 11.8. The van der Waals surface area contributed by atoms with E-state index in [0.717, 1.165) is 10.0 Å². The lowest BCUT2D eigenvalue weighted by Gasteiger charge is -2.20. The first-order chi connectivity index (χ1) is 9.30. The van der Waals surface area contributed by atoms with Gasteiger partial charge in [0, 0.05) is 10.0 Å². The largest absolute Gasteiger partial charge is 0.207 e. The molecule has 106 valence electrons. The Bertz CT molecular complexity index is 577. The predicted molar refractivity (Wildman–Crippen MR) is 90.0 cm³/mol. The molecular weight excluding hydrogens is 383 g/mol. The van der Waals surface area contributed by atoms with Gasteiger partial charge in [0.2, 0.25) is 0 Å². The van der Waals surface area contributed by atoms with Crippen molar-refractivity contribution in [3.63, 3.8) is 0 Å². The van der Waals surface area contributed by atoms with Crippen molar-refractivity contribution in [2.24, 2.45) is 0 Å². The summed E-state index contributed by atoms with van der Waals surface area (Å²) in [5.41, 5.74) is 3.08. The molecule has 3 heteroatoms. The van der Waals surface area contributed by atoms with E-state index >= 15 is 0 Å². The smallest absolute Gasteiger partial charge is 0.129 e. The molecule has 1 atom stereocenters. The number of hydrogen-bond acceptors (Lipinski definition) is 0. The van der Waals surface area contributed by atoms with Crippen LogP contribution < -0.4 is 0 Å². The van der Waals surface area contributed by atoms with E-state index in [1.165, 1.54) is 11.6 Å². The molecule has 0 aromatic heterocycles. The molecule has 0 amide bonds. The van der Waals surface area contributed by atoms with Crippen molar-refractivity contribution in [1.82, 2.24) is 0 Å². The standard InChI is InChI=1S/C17H17Br2F/c1-17(2,3)12-9-7-11(8-10-12)16(19)15-13(18)5-4-6-14(15)20/h4-10,16H,1-3H3. The second-order valence-electron chi connectivity index (χ2n) is 5.87. The summed E-state index contributed by atoms with van der Waals surface area (Å²) in [6.07, 6.45) is 0. The van der Waals surface area contributed by atoms with Crippen LogP contribution in [-0.4, -0.2) is 0 Å². The molecule has 0 nitrogen and oxygen atoms in total. The van der Waals surface area contributed by atoms with Crippen molar-refractivity contribution in [2.45, 2.75) is 31.0 Å². The second kappa shape index (κ2) is 5.98. The van der Waals surface area contributed by atoms with Gasteiger partial charge < -0.3 is 0 Å². The summed E-state index contributed by atoms with van der Waals surface area (Å²) in [6.45, 7) is 6.54. The van der Waals surface area contributed by atoms with Gasteiger partial charge in [0.05, 0.1) is 4.83 Å². The molecule has 0 N–H and O–H groups in total. The minimum atomic E-state index is -0.207. The van der Waals surface area contributed by atoms with Gasteiger partial charge in [-0.1, -0.05) is 83.0 Å². The van der Waals surface area contributed by atoms with Gasteiger partial charge in [-0.25, -0.2) is 4.39 Å². The predicted octanol–water partition coefficient (Wildman–Crippen LogP) is 6.37. The molecular formula is C17H17Br2F. The van der Waals surface area contributed by atoms with Crippen molar-refractivity contribution in [2.75, 3.05) is 0 Å². The summed E-state index contributed by atoms with van der Waals surface area (Å²) in [7, 11) is 0. The second-order valence-corrected chi connectivity index (χ2v) is 7.64. The Hall–Kier alpha value is -0.670. The molecule has 0 spiro atoms. The number of benzene rings is 2. The molecule has 0 aliphatic carbocycles. The maximum absolute atomic E-state index is 14.0. The summed E-state index contributed by atoms with van der Waals surface area (Å²) in [5.74, 6) is -0.207. The van der Waals surface area contributed by atoms with Crippen LogP contribution in [0.15, 0.2) is 46.9 Å². The Morgan fingerprint density at radius 3 is 2.10 bits per heavy atom. The quantitative estimate of drug-likeness (QED) is 0.514. The molecule has 0 aliphatic rings. The van der Waals surface area contributed by atoms with Crippen molar-refractivity contribution in [3.05, 3.63) is 69.4 Å². The summed E-state index contributed by atoms with van der Waals surface area (Å²) in [5, 5.41) is 0. The molecule has 0 aliphatic heterocycles. The fourth-order valence-corrected chi connectivity index (χ4v) is 3.72. The van der Waals surface area contributed by atoms with Gasteiger partial charge in [0.15, 0.2) is 0 Å². The number of hydrogen-bond donors (Lipinski definition) is 0. The highest BCUT2D eigenvalue weighted by Gasteiger charge is 2.19. The lowest BCUT2D eigenvalue weighted by molar-refractivity contribution is 0.589. The van der Waals surface area contributed by atoms with E-state index in [-0.39, 0.29) is 16.1 Å². The molecule has 0 saturated carbocycles. The lowest BCUT2D eigenvalue weighted by Crippen LogP contribution is -2.11. The first-order valence-corrected chi connectivity index (χ1v) is 8.20. The zero-order valence-corrected chi connectivity index (χ0v) is 14.9. The molecule has 0 bridgehead atoms. The monoisotopic (exact) mass is 398 g/mol. The van der Waals surface area contributed by atoms with Crippen molar-refractivity contribution in [3.8, 4) is 0 Å². The van der Waals surface area contributed by atoms with E-state index in [2.05, 4.69) is 76.9 Å². The molecule has 0 saturated heterocycles. The Balaban J connectivity index is 2.37. The van der Waals surface area contributed by atoms with Crippen LogP contribution in [-0.2, 0) is 5.41 Å². The Kier molecular flexibility index (Phi) is 4.70. The van der Waals surface area contributed by atoms with Gasteiger partial charge >= 0.3 is 0 Å². The van der Waals surface area contributed by atoms with Crippen LogP contribution in [0.4, 0.5) is 4.39 Å². The summed E-state index contributed by atoms with van der Waals surface area (Å²) in [4.78, 5) is -0.160. The first kappa shape index (κ1) is 15.7. The van der Waals surface area contributed by atoms with Gasteiger partial charge in [-0.3, -0.25) is 0 Å². The van der Waals surface area contributed by atoms with Crippen LogP contribution in [0.1, 0.15) is 42.3 Å². The summed E-state index contributed by atoms with van der Waals surface area (Å²) in [6, 6.07) is 13.4.